The number of rotatable bonds is 2. The smallest absolute Gasteiger partial charge is 0.179 e. The molecule has 0 saturated heterocycles. The fourth-order valence-corrected chi connectivity index (χ4v) is 3.23. The molecule has 20 heavy (non-hydrogen) atoms. The lowest BCUT2D eigenvalue weighted by Crippen LogP contribution is -2.10. The van der Waals surface area contributed by atoms with E-state index in [2.05, 4.69) is 52.8 Å². The minimum absolute atomic E-state index is 0.173. The van der Waals surface area contributed by atoms with Crippen LogP contribution < -0.4 is 0 Å². The first-order chi connectivity index (χ1) is 9.50. The van der Waals surface area contributed by atoms with Gasteiger partial charge in [0, 0.05) is 7.05 Å². The van der Waals surface area contributed by atoms with Gasteiger partial charge in [-0.3, -0.25) is 9.25 Å². The number of benzene rings is 1. The van der Waals surface area contributed by atoms with Gasteiger partial charge in [-0.15, -0.1) is 0 Å². The lowest BCUT2D eigenvalue weighted by Gasteiger charge is -2.17. The molecule has 0 spiro atoms. The SMILES string of the molecule is Cc1ccccc1C(C)n1c(=S)[nH]c2c(C)nn(C)c21. The molecule has 0 radical (unpaired) electrons. The molecule has 104 valence electrons. The van der Waals surface area contributed by atoms with E-state index in [0.29, 0.717) is 0 Å². The molecule has 1 unspecified atom stereocenters. The predicted octanol–water partition coefficient (Wildman–Crippen LogP) is 3.66. The minimum atomic E-state index is 0.173. The molecule has 2 aromatic heterocycles. The second-order valence-electron chi connectivity index (χ2n) is 5.24. The summed E-state index contributed by atoms with van der Waals surface area (Å²) in [7, 11) is 1.96. The minimum Gasteiger partial charge on any atom is -0.328 e. The summed E-state index contributed by atoms with van der Waals surface area (Å²) < 4.78 is 4.78. The zero-order valence-corrected chi connectivity index (χ0v) is 13.0. The van der Waals surface area contributed by atoms with Crippen molar-refractivity contribution in [3.63, 3.8) is 0 Å². The van der Waals surface area contributed by atoms with Gasteiger partial charge < -0.3 is 4.98 Å². The molecule has 5 heteroatoms. The van der Waals surface area contributed by atoms with E-state index in [1.807, 2.05) is 18.7 Å². The van der Waals surface area contributed by atoms with E-state index in [1.54, 1.807) is 0 Å². The Labute approximate surface area is 123 Å². The first-order valence-electron chi connectivity index (χ1n) is 6.70. The number of nitrogens with zero attached hydrogens (tertiary/aromatic N) is 3. The molecule has 4 nitrogen and oxygen atoms in total. The van der Waals surface area contributed by atoms with Crippen molar-refractivity contribution in [1.29, 1.82) is 0 Å². The average Bonchev–Trinajstić information content (AvgIpc) is 2.88. The third-order valence-corrected chi connectivity index (χ3v) is 4.20. The van der Waals surface area contributed by atoms with Crippen LogP contribution in [0.25, 0.3) is 11.2 Å². The van der Waals surface area contributed by atoms with Gasteiger partial charge >= 0.3 is 0 Å². The molecule has 2 heterocycles. The van der Waals surface area contributed by atoms with Crippen LogP contribution in [0.15, 0.2) is 24.3 Å². The third kappa shape index (κ3) is 1.81. The van der Waals surface area contributed by atoms with Crippen LogP contribution >= 0.6 is 12.2 Å². The molecule has 0 fully saturated rings. The van der Waals surface area contributed by atoms with E-state index in [-0.39, 0.29) is 6.04 Å². The molecular weight excluding hydrogens is 268 g/mol. The Morgan fingerprint density at radius 1 is 1.25 bits per heavy atom. The Morgan fingerprint density at radius 2 is 1.95 bits per heavy atom. The normalized spacial score (nSPS) is 13.0. The Kier molecular flexibility index (Phi) is 3.01. The van der Waals surface area contributed by atoms with Crippen LogP contribution in [0, 0.1) is 18.6 Å². The van der Waals surface area contributed by atoms with Crippen LogP contribution in [0.3, 0.4) is 0 Å². The quantitative estimate of drug-likeness (QED) is 0.730. The van der Waals surface area contributed by atoms with E-state index in [0.717, 1.165) is 21.6 Å². The van der Waals surface area contributed by atoms with Crippen molar-refractivity contribution >= 4 is 23.4 Å². The van der Waals surface area contributed by atoms with Crippen LogP contribution in [-0.2, 0) is 7.05 Å². The highest BCUT2D eigenvalue weighted by atomic mass is 32.1. The van der Waals surface area contributed by atoms with Crippen LogP contribution in [0.1, 0.15) is 29.8 Å². The molecule has 0 aliphatic rings. The average molecular weight is 286 g/mol. The zero-order chi connectivity index (χ0) is 14.4. The van der Waals surface area contributed by atoms with Gasteiger partial charge in [0.05, 0.1) is 11.7 Å². The maximum Gasteiger partial charge on any atom is 0.179 e. The van der Waals surface area contributed by atoms with Gasteiger partial charge in [0.15, 0.2) is 10.4 Å². The van der Waals surface area contributed by atoms with Crippen molar-refractivity contribution in [2.24, 2.45) is 7.05 Å². The van der Waals surface area contributed by atoms with E-state index < -0.39 is 0 Å². The molecule has 0 aliphatic carbocycles. The lowest BCUT2D eigenvalue weighted by molar-refractivity contribution is 0.617. The number of aromatic amines is 1. The van der Waals surface area contributed by atoms with Gasteiger partial charge in [0.1, 0.15) is 5.52 Å². The maximum atomic E-state index is 5.51. The second-order valence-corrected chi connectivity index (χ2v) is 5.63. The Bertz CT molecular complexity index is 837. The van der Waals surface area contributed by atoms with Gasteiger partial charge in [0.25, 0.3) is 0 Å². The van der Waals surface area contributed by atoms with E-state index in [4.69, 9.17) is 12.2 Å². The number of aryl methyl sites for hydroxylation is 3. The zero-order valence-electron chi connectivity index (χ0n) is 12.1. The van der Waals surface area contributed by atoms with E-state index in [9.17, 15) is 0 Å². The molecule has 0 aliphatic heterocycles. The molecular formula is C15H18N4S. The fourth-order valence-electron chi connectivity index (χ4n) is 2.89. The number of fused-ring (bicyclic) bond motifs is 1. The van der Waals surface area contributed by atoms with Gasteiger partial charge in [-0.2, -0.15) is 5.10 Å². The first kappa shape index (κ1) is 13.1. The van der Waals surface area contributed by atoms with E-state index in [1.165, 1.54) is 11.1 Å². The van der Waals surface area contributed by atoms with Crippen molar-refractivity contribution in [2.45, 2.75) is 26.8 Å². The summed E-state index contributed by atoms with van der Waals surface area (Å²) in [6.07, 6.45) is 0. The number of aromatic nitrogens is 4. The van der Waals surface area contributed by atoms with Crippen molar-refractivity contribution in [2.75, 3.05) is 0 Å². The molecule has 0 amide bonds. The highest BCUT2D eigenvalue weighted by Gasteiger charge is 2.18. The summed E-state index contributed by atoms with van der Waals surface area (Å²) >= 11 is 5.51. The number of nitrogens with one attached hydrogen (secondary N) is 1. The summed E-state index contributed by atoms with van der Waals surface area (Å²) in [4.78, 5) is 3.28. The molecule has 1 N–H and O–H groups in total. The lowest BCUT2D eigenvalue weighted by atomic mass is 10.0. The topological polar surface area (TPSA) is 38.5 Å². The summed E-state index contributed by atoms with van der Waals surface area (Å²) in [5.41, 5.74) is 5.60. The number of imidazole rings is 1. The highest BCUT2D eigenvalue weighted by Crippen LogP contribution is 2.27. The Hall–Kier alpha value is -1.88. The molecule has 1 atom stereocenters. The van der Waals surface area contributed by atoms with E-state index >= 15 is 0 Å². The van der Waals surface area contributed by atoms with Crippen molar-refractivity contribution in [3.05, 3.63) is 45.9 Å². The van der Waals surface area contributed by atoms with Gasteiger partial charge in [-0.05, 0) is 44.1 Å². The standard InChI is InChI=1S/C15H18N4S/c1-9-7-5-6-8-12(9)11(3)19-14-13(16-15(19)20)10(2)17-18(14)4/h5-8,11H,1-4H3,(H,16,20). The summed E-state index contributed by atoms with van der Waals surface area (Å²) in [6.45, 7) is 6.30. The number of H-pyrrole nitrogens is 1. The molecule has 0 bridgehead atoms. The maximum absolute atomic E-state index is 5.51. The fraction of sp³-hybridized carbons (Fsp3) is 0.333. The van der Waals surface area contributed by atoms with Gasteiger partial charge in [-0.25, -0.2) is 0 Å². The summed E-state index contributed by atoms with van der Waals surface area (Å²) in [5.74, 6) is 0. The largest absolute Gasteiger partial charge is 0.328 e. The highest BCUT2D eigenvalue weighted by molar-refractivity contribution is 7.71. The van der Waals surface area contributed by atoms with Crippen molar-refractivity contribution in [3.8, 4) is 0 Å². The van der Waals surface area contributed by atoms with Crippen molar-refractivity contribution in [1.82, 2.24) is 19.3 Å². The van der Waals surface area contributed by atoms with Gasteiger partial charge in [-0.1, -0.05) is 24.3 Å². The summed E-state index contributed by atoms with van der Waals surface area (Å²) in [6, 6.07) is 8.59. The number of hydrogen-bond donors (Lipinski definition) is 1. The molecule has 3 rings (SSSR count). The number of hydrogen-bond acceptors (Lipinski definition) is 2. The predicted molar refractivity (Wildman–Crippen MR) is 83.6 cm³/mol. The van der Waals surface area contributed by atoms with Crippen LogP contribution in [0.4, 0.5) is 0 Å². The first-order valence-corrected chi connectivity index (χ1v) is 7.11. The molecule has 0 saturated carbocycles. The molecule has 3 aromatic rings. The second kappa shape index (κ2) is 4.59. The Balaban J connectivity index is 2.27. The molecule has 1 aromatic carbocycles. The van der Waals surface area contributed by atoms with Crippen LogP contribution in [0.2, 0.25) is 0 Å². The van der Waals surface area contributed by atoms with Gasteiger partial charge in [0.2, 0.25) is 0 Å². The van der Waals surface area contributed by atoms with Crippen LogP contribution in [0.5, 0.6) is 0 Å². The van der Waals surface area contributed by atoms with Crippen LogP contribution in [-0.4, -0.2) is 19.3 Å². The summed E-state index contributed by atoms with van der Waals surface area (Å²) in [5, 5.41) is 4.47. The third-order valence-electron chi connectivity index (χ3n) is 3.90. The Morgan fingerprint density at radius 3 is 2.65 bits per heavy atom. The van der Waals surface area contributed by atoms with Crippen molar-refractivity contribution < 1.29 is 0 Å². The monoisotopic (exact) mass is 286 g/mol.